The van der Waals surface area contributed by atoms with Gasteiger partial charge in [0.05, 0.1) is 16.4 Å². The molecule has 0 unspecified atom stereocenters. The number of hydrogen-bond donors (Lipinski definition) is 1. The Hall–Kier alpha value is -2.73. The van der Waals surface area contributed by atoms with Crippen molar-refractivity contribution < 1.29 is 4.79 Å². The van der Waals surface area contributed by atoms with E-state index in [-0.39, 0.29) is 5.91 Å². The number of aromatic nitrogens is 4. The molecule has 2 heterocycles. The second kappa shape index (κ2) is 7.48. The summed E-state index contributed by atoms with van der Waals surface area (Å²) in [5.41, 5.74) is 2.97. The highest BCUT2D eigenvalue weighted by atomic mass is 35.5. The molecule has 1 aliphatic carbocycles. The molecule has 1 fully saturated rings. The van der Waals surface area contributed by atoms with Crippen LogP contribution in [0.3, 0.4) is 0 Å². The lowest BCUT2D eigenvalue weighted by atomic mass is 10.0. The summed E-state index contributed by atoms with van der Waals surface area (Å²) < 4.78 is 1.79. The van der Waals surface area contributed by atoms with E-state index in [0.717, 1.165) is 48.5 Å². The molecule has 0 bridgehead atoms. The quantitative estimate of drug-likeness (QED) is 0.704. The minimum absolute atomic E-state index is 0.0771. The highest BCUT2D eigenvalue weighted by Gasteiger charge is 2.24. The van der Waals surface area contributed by atoms with E-state index in [1.54, 1.807) is 23.3 Å². The molecule has 0 spiro atoms. The lowest BCUT2D eigenvalue weighted by molar-refractivity contribution is 0.0951. The highest BCUT2D eigenvalue weighted by molar-refractivity contribution is 6.30. The first-order valence-corrected chi connectivity index (χ1v) is 9.49. The van der Waals surface area contributed by atoms with Gasteiger partial charge in [0.1, 0.15) is 12.2 Å². The summed E-state index contributed by atoms with van der Waals surface area (Å²) in [7, 11) is 0. The van der Waals surface area contributed by atoms with Crippen LogP contribution in [0.5, 0.6) is 0 Å². The van der Waals surface area contributed by atoms with Crippen molar-refractivity contribution in [3.63, 3.8) is 0 Å². The standard InChI is InChI=1S/C20H20ClN5O/c1-2-3-19-23-12-24-26(19)17-9-13(18-7-4-15(21)11-22-18)8-14(10-17)20(27)25-16-5-6-16/h4,7-12,16H,2-3,5-6H2,1H3,(H,25,27). The van der Waals surface area contributed by atoms with E-state index in [0.29, 0.717) is 16.6 Å². The lowest BCUT2D eigenvalue weighted by Crippen LogP contribution is -2.25. The number of nitrogens with one attached hydrogen (secondary N) is 1. The third-order valence-corrected chi connectivity index (χ3v) is 4.68. The summed E-state index contributed by atoms with van der Waals surface area (Å²) >= 11 is 5.96. The number of nitrogens with zero attached hydrogens (tertiary/aromatic N) is 4. The Morgan fingerprint density at radius 1 is 1.26 bits per heavy atom. The van der Waals surface area contributed by atoms with Gasteiger partial charge in [-0.1, -0.05) is 18.5 Å². The molecule has 1 saturated carbocycles. The average Bonchev–Trinajstić information content (AvgIpc) is 3.37. The van der Waals surface area contributed by atoms with Gasteiger partial charge in [0, 0.05) is 29.8 Å². The lowest BCUT2D eigenvalue weighted by Gasteiger charge is -2.12. The molecule has 1 aliphatic rings. The van der Waals surface area contributed by atoms with Crippen molar-refractivity contribution in [1.82, 2.24) is 25.1 Å². The van der Waals surface area contributed by atoms with Crippen molar-refractivity contribution in [3.8, 4) is 16.9 Å². The van der Waals surface area contributed by atoms with Crippen molar-refractivity contribution in [2.24, 2.45) is 0 Å². The minimum atomic E-state index is -0.0771. The maximum absolute atomic E-state index is 12.7. The van der Waals surface area contributed by atoms with Gasteiger partial charge < -0.3 is 5.32 Å². The van der Waals surface area contributed by atoms with Crippen LogP contribution in [-0.4, -0.2) is 31.7 Å². The molecular formula is C20H20ClN5O. The summed E-state index contributed by atoms with van der Waals surface area (Å²) in [6.07, 6.45) is 7.01. The Kier molecular flexibility index (Phi) is 4.90. The molecule has 0 atom stereocenters. The molecule has 27 heavy (non-hydrogen) atoms. The molecule has 1 amide bonds. The molecule has 2 aromatic heterocycles. The number of halogens is 1. The van der Waals surface area contributed by atoms with Crippen LogP contribution < -0.4 is 5.32 Å². The molecule has 138 valence electrons. The van der Waals surface area contributed by atoms with Crippen LogP contribution >= 0.6 is 11.6 Å². The topological polar surface area (TPSA) is 72.7 Å². The predicted molar refractivity (Wildman–Crippen MR) is 104 cm³/mol. The van der Waals surface area contributed by atoms with E-state index in [4.69, 9.17) is 11.6 Å². The van der Waals surface area contributed by atoms with Crippen molar-refractivity contribution in [1.29, 1.82) is 0 Å². The van der Waals surface area contributed by atoms with Gasteiger partial charge in [0.25, 0.3) is 5.91 Å². The third-order valence-electron chi connectivity index (χ3n) is 4.45. The van der Waals surface area contributed by atoms with E-state index in [1.807, 2.05) is 24.3 Å². The van der Waals surface area contributed by atoms with Crippen molar-refractivity contribution in [2.45, 2.75) is 38.6 Å². The van der Waals surface area contributed by atoms with Crippen molar-refractivity contribution in [2.75, 3.05) is 0 Å². The number of amides is 1. The van der Waals surface area contributed by atoms with Crippen molar-refractivity contribution in [3.05, 3.63) is 59.3 Å². The smallest absolute Gasteiger partial charge is 0.251 e. The third kappa shape index (κ3) is 4.01. The van der Waals surface area contributed by atoms with Gasteiger partial charge in [-0.3, -0.25) is 9.78 Å². The van der Waals surface area contributed by atoms with E-state index in [9.17, 15) is 4.79 Å². The minimum Gasteiger partial charge on any atom is -0.349 e. The Bertz CT molecular complexity index is 963. The SMILES string of the molecule is CCCc1ncnn1-c1cc(C(=O)NC2CC2)cc(-c2ccc(Cl)cn2)c1. The molecule has 1 aromatic carbocycles. The molecule has 0 radical (unpaired) electrons. The number of carbonyl (C=O) groups excluding carboxylic acids is 1. The van der Waals surface area contributed by atoms with Gasteiger partial charge >= 0.3 is 0 Å². The highest BCUT2D eigenvalue weighted by Crippen LogP contribution is 2.25. The van der Waals surface area contributed by atoms with Crippen LogP contribution in [0.25, 0.3) is 16.9 Å². The normalized spacial score (nSPS) is 13.6. The Morgan fingerprint density at radius 3 is 2.81 bits per heavy atom. The fraction of sp³-hybridized carbons (Fsp3) is 0.300. The fourth-order valence-corrected chi connectivity index (χ4v) is 3.04. The summed E-state index contributed by atoms with van der Waals surface area (Å²) in [4.78, 5) is 21.4. The number of rotatable bonds is 6. The molecule has 6 nitrogen and oxygen atoms in total. The summed E-state index contributed by atoms with van der Waals surface area (Å²) in [6.45, 7) is 2.10. The maximum atomic E-state index is 12.7. The zero-order chi connectivity index (χ0) is 18.8. The van der Waals surface area contributed by atoms with Gasteiger partial charge in [-0.05, 0) is 49.6 Å². The maximum Gasteiger partial charge on any atom is 0.251 e. The molecule has 0 saturated heterocycles. The number of benzene rings is 1. The van der Waals surface area contributed by atoms with Crippen molar-refractivity contribution >= 4 is 17.5 Å². The van der Waals surface area contributed by atoms with Gasteiger partial charge in [-0.25, -0.2) is 9.67 Å². The number of hydrogen-bond acceptors (Lipinski definition) is 4. The molecule has 7 heteroatoms. The van der Waals surface area contributed by atoms with Gasteiger partial charge in [0.15, 0.2) is 0 Å². The Morgan fingerprint density at radius 2 is 2.11 bits per heavy atom. The molecular weight excluding hydrogens is 362 g/mol. The first-order valence-electron chi connectivity index (χ1n) is 9.11. The van der Waals surface area contributed by atoms with E-state index >= 15 is 0 Å². The van der Waals surface area contributed by atoms with Crippen LogP contribution in [0.15, 0.2) is 42.9 Å². The molecule has 4 rings (SSSR count). The van der Waals surface area contributed by atoms with Crippen LogP contribution in [0.4, 0.5) is 0 Å². The Labute approximate surface area is 162 Å². The van der Waals surface area contributed by atoms with Gasteiger partial charge in [-0.15, -0.1) is 0 Å². The fourth-order valence-electron chi connectivity index (χ4n) is 2.93. The van der Waals surface area contributed by atoms with E-state index in [1.165, 1.54) is 0 Å². The second-order valence-electron chi connectivity index (χ2n) is 6.72. The molecule has 1 N–H and O–H groups in total. The zero-order valence-electron chi connectivity index (χ0n) is 15.0. The largest absolute Gasteiger partial charge is 0.349 e. The Balaban J connectivity index is 1.79. The average molecular weight is 382 g/mol. The van der Waals surface area contributed by atoms with E-state index < -0.39 is 0 Å². The monoisotopic (exact) mass is 381 g/mol. The summed E-state index contributed by atoms with van der Waals surface area (Å²) in [5.74, 6) is 0.791. The second-order valence-corrected chi connectivity index (χ2v) is 7.15. The number of carbonyl (C=O) groups is 1. The zero-order valence-corrected chi connectivity index (χ0v) is 15.8. The van der Waals surface area contributed by atoms with Gasteiger partial charge in [-0.2, -0.15) is 5.10 Å². The summed E-state index contributed by atoms with van der Waals surface area (Å²) in [6, 6.07) is 9.61. The predicted octanol–water partition coefficient (Wildman–Crippen LogP) is 3.83. The van der Waals surface area contributed by atoms with E-state index in [2.05, 4.69) is 27.3 Å². The first-order chi connectivity index (χ1) is 13.1. The van der Waals surface area contributed by atoms with Crippen LogP contribution in [0.2, 0.25) is 5.02 Å². The summed E-state index contributed by atoms with van der Waals surface area (Å²) in [5, 5.41) is 7.98. The van der Waals surface area contributed by atoms with Crippen LogP contribution in [0, 0.1) is 0 Å². The molecule has 3 aromatic rings. The van der Waals surface area contributed by atoms with Gasteiger partial charge in [0.2, 0.25) is 0 Å². The van der Waals surface area contributed by atoms with Crippen LogP contribution in [0.1, 0.15) is 42.4 Å². The molecule has 0 aliphatic heterocycles. The number of pyridine rings is 1. The first kappa shape index (κ1) is 17.7. The number of aryl methyl sites for hydroxylation is 1. The van der Waals surface area contributed by atoms with Crippen LogP contribution in [-0.2, 0) is 6.42 Å².